The minimum Gasteiger partial charge on any atom is -0.478 e. The number of hydrogen-bond donors (Lipinski definition) is 1. The molecule has 0 spiro atoms. The number of rotatable bonds is 5. The molecule has 17 heavy (non-hydrogen) atoms. The molecule has 2 aromatic rings. The Labute approximate surface area is 99.1 Å². The molecule has 0 fully saturated rings. The van der Waals surface area contributed by atoms with Crippen molar-refractivity contribution in [1.29, 1.82) is 0 Å². The van der Waals surface area contributed by atoms with E-state index in [1.165, 1.54) is 0 Å². The van der Waals surface area contributed by atoms with Gasteiger partial charge in [0, 0.05) is 6.54 Å². The maximum absolute atomic E-state index is 11.1. The van der Waals surface area contributed by atoms with Gasteiger partial charge in [0.05, 0.1) is 5.56 Å². The number of benzene rings is 1. The number of hydrogen-bond acceptors (Lipinski definition) is 3. The Morgan fingerprint density at radius 3 is 2.94 bits per heavy atom. The van der Waals surface area contributed by atoms with E-state index in [0.29, 0.717) is 17.6 Å². The van der Waals surface area contributed by atoms with Crippen molar-refractivity contribution < 1.29 is 9.90 Å². The Balaban J connectivity index is 2.39. The molecule has 0 amide bonds. The van der Waals surface area contributed by atoms with Crippen LogP contribution in [-0.4, -0.2) is 26.1 Å². The highest BCUT2D eigenvalue weighted by Gasteiger charge is 2.13. The average Bonchev–Trinajstić information content (AvgIpc) is 2.73. The van der Waals surface area contributed by atoms with Crippen molar-refractivity contribution in [3.8, 4) is 0 Å². The molecule has 0 saturated carbocycles. The van der Waals surface area contributed by atoms with Gasteiger partial charge in [-0.15, -0.1) is 5.10 Å². The van der Waals surface area contributed by atoms with Crippen LogP contribution in [0.15, 0.2) is 18.2 Å². The van der Waals surface area contributed by atoms with Gasteiger partial charge in [0.2, 0.25) is 0 Å². The molecule has 1 aromatic carbocycles. The summed E-state index contributed by atoms with van der Waals surface area (Å²) in [6.07, 6.45) is 3.22. The Hall–Kier alpha value is -1.91. The van der Waals surface area contributed by atoms with Crippen molar-refractivity contribution in [3.05, 3.63) is 23.8 Å². The first-order chi connectivity index (χ1) is 8.24. The number of aryl methyl sites for hydroxylation is 1. The zero-order chi connectivity index (χ0) is 12.3. The molecule has 5 heteroatoms. The lowest BCUT2D eigenvalue weighted by Gasteiger charge is -2.03. The molecule has 0 aliphatic rings. The number of unbranched alkanes of at least 4 members (excludes halogenated alkanes) is 2. The van der Waals surface area contributed by atoms with Crippen LogP contribution in [0.1, 0.15) is 36.5 Å². The molecule has 90 valence electrons. The van der Waals surface area contributed by atoms with E-state index in [4.69, 9.17) is 5.11 Å². The first-order valence-electron chi connectivity index (χ1n) is 5.79. The van der Waals surface area contributed by atoms with E-state index in [1.807, 2.05) is 0 Å². The first kappa shape index (κ1) is 11.6. The highest BCUT2D eigenvalue weighted by molar-refractivity contribution is 6.00. The van der Waals surface area contributed by atoms with Gasteiger partial charge in [0.1, 0.15) is 11.0 Å². The van der Waals surface area contributed by atoms with Gasteiger partial charge in [-0.3, -0.25) is 0 Å². The minimum absolute atomic E-state index is 0.268. The van der Waals surface area contributed by atoms with Crippen LogP contribution in [0.4, 0.5) is 0 Å². The Kier molecular flexibility index (Phi) is 3.37. The Morgan fingerprint density at radius 1 is 1.41 bits per heavy atom. The summed E-state index contributed by atoms with van der Waals surface area (Å²) in [5.74, 6) is -0.936. The molecule has 0 bridgehead atoms. The van der Waals surface area contributed by atoms with E-state index in [9.17, 15) is 4.79 Å². The highest BCUT2D eigenvalue weighted by Crippen LogP contribution is 2.17. The molecular weight excluding hydrogens is 218 g/mol. The van der Waals surface area contributed by atoms with Gasteiger partial charge in [-0.1, -0.05) is 31.0 Å². The maximum atomic E-state index is 11.1. The summed E-state index contributed by atoms with van der Waals surface area (Å²) in [6.45, 7) is 2.84. The second-order valence-electron chi connectivity index (χ2n) is 4.00. The summed E-state index contributed by atoms with van der Waals surface area (Å²) in [5, 5.41) is 17.1. The molecule has 1 heterocycles. The number of carbonyl (C=O) groups is 1. The minimum atomic E-state index is -0.936. The number of para-hydroxylation sites is 1. The van der Waals surface area contributed by atoms with Crippen molar-refractivity contribution in [2.45, 2.75) is 32.7 Å². The third kappa shape index (κ3) is 2.27. The lowest BCUT2D eigenvalue weighted by Crippen LogP contribution is -2.05. The van der Waals surface area contributed by atoms with Gasteiger partial charge >= 0.3 is 5.97 Å². The quantitative estimate of drug-likeness (QED) is 0.805. The van der Waals surface area contributed by atoms with Crippen LogP contribution >= 0.6 is 0 Å². The maximum Gasteiger partial charge on any atom is 0.337 e. The Bertz CT molecular complexity index is 534. The molecule has 0 radical (unpaired) electrons. The van der Waals surface area contributed by atoms with Gasteiger partial charge in [0.15, 0.2) is 0 Å². The predicted molar refractivity (Wildman–Crippen MR) is 64.0 cm³/mol. The summed E-state index contributed by atoms with van der Waals surface area (Å²) >= 11 is 0. The molecule has 2 rings (SSSR count). The smallest absolute Gasteiger partial charge is 0.337 e. The largest absolute Gasteiger partial charge is 0.478 e. The molecule has 5 nitrogen and oxygen atoms in total. The molecule has 0 atom stereocenters. The van der Waals surface area contributed by atoms with Crippen LogP contribution in [0.2, 0.25) is 0 Å². The van der Waals surface area contributed by atoms with Gasteiger partial charge in [-0.05, 0) is 18.6 Å². The number of fused-ring (bicyclic) bond motifs is 1. The van der Waals surface area contributed by atoms with Crippen LogP contribution in [0.5, 0.6) is 0 Å². The van der Waals surface area contributed by atoms with Crippen LogP contribution in [0.25, 0.3) is 11.0 Å². The third-order valence-electron chi connectivity index (χ3n) is 2.74. The van der Waals surface area contributed by atoms with E-state index in [1.54, 1.807) is 22.9 Å². The topological polar surface area (TPSA) is 68.0 Å². The molecule has 0 aliphatic heterocycles. The van der Waals surface area contributed by atoms with Crippen molar-refractivity contribution in [3.63, 3.8) is 0 Å². The molecule has 0 unspecified atom stereocenters. The molecule has 0 aliphatic carbocycles. The number of carboxylic acids is 1. The van der Waals surface area contributed by atoms with Crippen LogP contribution < -0.4 is 0 Å². The van der Waals surface area contributed by atoms with E-state index in [2.05, 4.69) is 17.2 Å². The summed E-state index contributed by atoms with van der Waals surface area (Å²) < 4.78 is 1.69. The standard InChI is InChI=1S/C12H15N3O2/c1-2-3-4-8-15-11-9(12(16)17)6-5-7-10(11)13-14-15/h5-7H,2-4,8H2,1H3,(H,16,17). The third-order valence-corrected chi connectivity index (χ3v) is 2.74. The van der Waals surface area contributed by atoms with E-state index in [0.717, 1.165) is 19.3 Å². The lowest BCUT2D eigenvalue weighted by atomic mass is 10.2. The van der Waals surface area contributed by atoms with E-state index < -0.39 is 5.97 Å². The molecule has 0 saturated heterocycles. The summed E-state index contributed by atoms with van der Waals surface area (Å²) in [4.78, 5) is 11.1. The molecule has 1 N–H and O–H groups in total. The fraction of sp³-hybridized carbons (Fsp3) is 0.417. The lowest BCUT2D eigenvalue weighted by molar-refractivity contribution is 0.0698. The second-order valence-corrected chi connectivity index (χ2v) is 4.00. The second kappa shape index (κ2) is 4.95. The van der Waals surface area contributed by atoms with Crippen LogP contribution in [0.3, 0.4) is 0 Å². The van der Waals surface area contributed by atoms with Gasteiger partial charge < -0.3 is 5.11 Å². The number of nitrogens with zero attached hydrogens (tertiary/aromatic N) is 3. The van der Waals surface area contributed by atoms with E-state index >= 15 is 0 Å². The fourth-order valence-corrected chi connectivity index (χ4v) is 1.87. The molecule has 1 aromatic heterocycles. The Morgan fingerprint density at radius 2 is 2.24 bits per heavy atom. The zero-order valence-corrected chi connectivity index (χ0v) is 9.76. The van der Waals surface area contributed by atoms with Crippen LogP contribution in [0, 0.1) is 0 Å². The first-order valence-corrected chi connectivity index (χ1v) is 5.79. The van der Waals surface area contributed by atoms with Gasteiger partial charge in [-0.25, -0.2) is 9.48 Å². The van der Waals surface area contributed by atoms with Gasteiger partial charge in [-0.2, -0.15) is 0 Å². The number of carboxylic acid groups (broad SMARTS) is 1. The van der Waals surface area contributed by atoms with Crippen molar-refractivity contribution in [2.24, 2.45) is 0 Å². The van der Waals surface area contributed by atoms with Crippen LogP contribution in [-0.2, 0) is 6.54 Å². The fourth-order valence-electron chi connectivity index (χ4n) is 1.87. The van der Waals surface area contributed by atoms with Crippen molar-refractivity contribution in [1.82, 2.24) is 15.0 Å². The predicted octanol–water partition coefficient (Wildman–Crippen LogP) is 2.32. The zero-order valence-electron chi connectivity index (χ0n) is 9.76. The summed E-state index contributed by atoms with van der Waals surface area (Å²) in [6, 6.07) is 5.06. The molecular formula is C12H15N3O2. The van der Waals surface area contributed by atoms with E-state index in [-0.39, 0.29) is 5.56 Å². The SMILES string of the molecule is CCCCCn1nnc2cccc(C(=O)O)c21. The van der Waals surface area contributed by atoms with Crippen molar-refractivity contribution in [2.75, 3.05) is 0 Å². The van der Waals surface area contributed by atoms with Crippen molar-refractivity contribution >= 4 is 17.0 Å². The van der Waals surface area contributed by atoms with Gasteiger partial charge in [0.25, 0.3) is 0 Å². The normalized spacial score (nSPS) is 10.9. The average molecular weight is 233 g/mol. The monoisotopic (exact) mass is 233 g/mol. The summed E-state index contributed by atoms with van der Waals surface area (Å²) in [5.41, 5.74) is 1.53. The summed E-state index contributed by atoms with van der Waals surface area (Å²) in [7, 11) is 0. The number of aromatic carboxylic acids is 1. The highest BCUT2D eigenvalue weighted by atomic mass is 16.4. The number of aromatic nitrogens is 3.